The summed E-state index contributed by atoms with van der Waals surface area (Å²) in [6.07, 6.45) is 0.199. The monoisotopic (exact) mass is 400 g/mol. The first-order chi connectivity index (χ1) is 9.51. The molecule has 0 heterocycles. The second kappa shape index (κ2) is 6.50. The molecular formula is C15H11Br2FO2. The SMILES string of the molecule is COc1ccc(CC(=O)c2cc(F)ccc2Br)cc1Br. The van der Waals surface area contributed by atoms with E-state index in [0.29, 0.717) is 15.8 Å². The van der Waals surface area contributed by atoms with Crippen molar-refractivity contribution in [3.05, 3.63) is 62.3 Å². The predicted molar refractivity (Wildman–Crippen MR) is 82.8 cm³/mol. The summed E-state index contributed by atoms with van der Waals surface area (Å²) in [5.74, 6) is 0.133. The second-order valence-electron chi connectivity index (χ2n) is 4.19. The summed E-state index contributed by atoms with van der Waals surface area (Å²) < 4.78 is 19.7. The fourth-order valence-electron chi connectivity index (χ4n) is 1.81. The van der Waals surface area contributed by atoms with Crippen LogP contribution in [0, 0.1) is 5.82 Å². The van der Waals surface area contributed by atoms with E-state index in [0.717, 1.165) is 10.0 Å². The van der Waals surface area contributed by atoms with Gasteiger partial charge >= 0.3 is 0 Å². The van der Waals surface area contributed by atoms with Gasteiger partial charge in [0.2, 0.25) is 0 Å². The van der Waals surface area contributed by atoms with Crippen molar-refractivity contribution in [2.45, 2.75) is 6.42 Å². The maximum absolute atomic E-state index is 13.2. The van der Waals surface area contributed by atoms with Crippen LogP contribution < -0.4 is 4.74 Å². The van der Waals surface area contributed by atoms with Gasteiger partial charge in [0.25, 0.3) is 0 Å². The molecule has 0 saturated carbocycles. The van der Waals surface area contributed by atoms with Crippen molar-refractivity contribution in [3.8, 4) is 5.75 Å². The van der Waals surface area contributed by atoms with E-state index in [-0.39, 0.29) is 12.2 Å². The summed E-state index contributed by atoms with van der Waals surface area (Å²) >= 11 is 6.64. The molecule has 0 N–H and O–H groups in total. The summed E-state index contributed by atoms with van der Waals surface area (Å²) in [6, 6.07) is 9.51. The van der Waals surface area contributed by atoms with Crippen molar-refractivity contribution in [1.82, 2.24) is 0 Å². The van der Waals surface area contributed by atoms with E-state index in [2.05, 4.69) is 31.9 Å². The summed E-state index contributed by atoms with van der Waals surface area (Å²) in [7, 11) is 1.58. The van der Waals surface area contributed by atoms with E-state index < -0.39 is 5.82 Å². The minimum atomic E-state index is -0.424. The van der Waals surface area contributed by atoms with Crippen LogP contribution in [0.15, 0.2) is 45.3 Å². The van der Waals surface area contributed by atoms with E-state index in [9.17, 15) is 9.18 Å². The standard InChI is InChI=1S/C15H11Br2FO2/c1-20-15-5-2-9(6-13(15)17)7-14(19)11-8-10(18)3-4-12(11)16/h2-6,8H,7H2,1H3. The molecule has 2 nitrogen and oxygen atoms in total. The van der Waals surface area contributed by atoms with Gasteiger partial charge in [0.15, 0.2) is 5.78 Å². The zero-order chi connectivity index (χ0) is 14.7. The van der Waals surface area contributed by atoms with Crippen molar-refractivity contribution in [2.75, 3.05) is 7.11 Å². The molecule has 0 unspecified atom stereocenters. The minimum absolute atomic E-state index is 0.145. The molecular weight excluding hydrogens is 391 g/mol. The van der Waals surface area contributed by atoms with Crippen LogP contribution in [0.1, 0.15) is 15.9 Å². The zero-order valence-electron chi connectivity index (χ0n) is 10.6. The van der Waals surface area contributed by atoms with E-state index in [1.807, 2.05) is 12.1 Å². The maximum Gasteiger partial charge on any atom is 0.168 e. The molecule has 0 atom stereocenters. The molecule has 0 amide bonds. The number of carbonyl (C=O) groups excluding carboxylic acids is 1. The molecule has 0 bridgehead atoms. The average Bonchev–Trinajstić information content (AvgIpc) is 2.41. The Morgan fingerprint density at radius 1 is 1.15 bits per heavy atom. The summed E-state index contributed by atoms with van der Waals surface area (Å²) in [4.78, 5) is 12.2. The van der Waals surface area contributed by atoms with E-state index >= 15 is 0 Å². The van der Waals surface area contributed by atoms with Crippen molar-refractivity contribution in [2.24, 2.45) is 0 Å². The first kappa shape index (κ1) is 15.2. The highest BCUT2D eigenvalue weighted by Crippen LogP contribution is 2.27. The third-order valence-corrected chi connectivity index (χ3v) is 4.12. The van der Waals surface area contributed by atoms with Gasteiger partial charge in [0.1, 0.15) is 11.6 Å². The summed E-state index contributed by atoms with van der Waals surface area (Å²) in [6.45, 7) is 0. The third kappa shape index (κ3) is 3.46. The van der Waals surface area contributed by atoms with Crippen molar-refractivity contribution >= 4 is 37.6 Å². The van der Waals surface area contributed by atoms with E-state index in [4.69, 9.17) is 4.74 Å². The predicted octanol–water partition coefficient (Wildman–Crippen LogP) is 4.78. The number of ether oxygens (including phenoxy) is 1. The lowest BCUT2D eigenvalue weighted by Gasteiger charge is -2.07. The highest BCUT2D eigenvalue weighted by molar-refractivity contribution is 9.10. The Labute approximate surface area is 133 Å². The van der Waals surface area contributed by atoms with Crippen molar-refractivity contribution in [3.63, 3.8) is 0 Å². The van der Waals surface area contributed by atoms with Gasteiger partial charge in [-0.05, 0) is 51.8 Å². The number of carbonyl (C=O) groups is 1. The van der Waals surface area contributed by atoms with Crippen LogP contribution >= 0.6 is 31.9 Å². The van der Waals surface area contributed by atoms with Gasteiger partial charge in [-0.1, -0.05) is 22.0 Å². The Morgan fingerprint density at radius 2 is 1.90 bits per heavy atom. The molecule has 0 aromatic heterocycles. The molecule has 0 aliphatic carbocycles. The summed E-state index contributed by atoms with van der Waals surface area (Å²) in [5.41, 5.74) is 1.18. The van der Waals surface area contributed by atoms with Crippen LogP contribution in [0.5, 0.6) is 5.75 Å². The first-order valence-electron chi connectivity index (χ1n) is 5.82. The lowest BCUT2D eigenvalue weighted by molar-refractivity contribution is 0.0991. The number of hydrogen-bond acceptors (Lipinski definition) is 2. The molecule has 0 aliphatic heterocycles. The van der Waals surface area contributed by atoms with Gasteiger partial charge in [-0.15, -0.1) is 0 Å². The van der Waals surface area contributed by atoms with Gasteiger partial charge in [0.05, 0.1) is 11.6 Å². The lowest BCUT2D eigenvalue weighted by atomic mass is 10.0. The van der Waals surface area contributed by atoms with Crippen LogP contribution in [0.25, 0.3) is 0 Å². The van der Waals surface area contributed by atoms with Crippen LogP contribution in [0.3, 0.4) is 0 Å². The van der Waals surface area contributed by atoms with Gasteiger partial charge < -0.3 is 4.74 Å². The van der Waals surface area contributed by atoms with E-state index in [1.54, 1.807) is 13.2 Å². The lowest BCUT2D eigenvalue weighted by Crippen LogP contribution is -2.05. The van der Waals surface area contributed by atoms with Crippen LogP contribution in [-0.4, -0.2) is 12.9 Å². The Balaban J connectivity index is 2.23. The van der Waals surface area contributed by atoms with Gasteiger partial charge in [-0.25, -0.2) is 4.39 Å². The molecule has 0 radical (unpaired) electrons. The first-order valence-corrected chi connectivity index (χ1v) is 7.40. The summed E-state index contributed by atoms with van der Waals surface area (Å²) in [5, 5.41) is 0. The largest absolute Gasteiger partial charge is 0.496 e. The number of ketones is 1. The van der Waals surface area contributed by atoms with Gasteiger partial charge in [0, 0.05) is 16.5 Å². The minimum Gasteiger partial charge on any atom is -0.496 e. The fraction of sp³-hybridized carbons (Fsp3) is 0.133. The van der Waals surface area contributed by atoms with Gasteiger partial charge in [-0.2, -0.15) is 0 Å². The number of rotatable bonds is 4. The highest BCUT2D eigenvalue weighted by Gasteiger charge is 2.13. The van der Waals surface area contributed by atoms with E-state index in [1.165, 1.54) is 18.2 Å². The smallest absolute Gasteiger partial charge is 0.168 e. The number of hydrogen-bond donors (Lipinski definition) is 0. The normalized spacial score (nSPS) is 10.4. The molecule has 0 aliphatic rings. The Morgan fingerprint density at radius 3 is 2.55 bits per heavy atom. The number of methoxy groups -OCH3 is 1. The second-order valence-corrected chi connectivity index (χ2v) is 5.90. The third-order valence-electron chi connectivity index (χ3n) is 2.81. The molecule has 0 fully saturated rings. The van der Waals surface area contributed by atoms with Crippen LogP contribution in [0.2, 0.25) is 0 Å². The van der Waals surface area contributed by atoms with Gasteiger partial charge in [-0.3, -0.25) is 4.79 Å². The molecule has 0 spiro atoms. The van der Waals surface area contributed by atoms with Crippen LogP contribution in [0.4, 0.5) is 4.39 Å². The maximum atomic E-state index is 13.2. The molecule has 2 rings (SSSR count). The number of halogens is 3. The van der Waals surface area contributed by atoms with Crippen molar-refractivity contribution < 1.29 is 13.9 Å². The quantitative estimate of drug-likeness (QED) is 0.688. The molecule has 5 heteroatoms. The molecule has 104 valence electrons. The molecule has 0 saturated heterocycles. The topological polar surface area (TPSA) is 26.3 Å². The molecule has 2 aromatic rings. The molecule has 20 heavy (non-hydrogen) atoms. The van der Waals surface area contributed by atoms with Crippen molar-refractivity contribution in [1.29, 1.82) is 0 Å². The molecule has 2 aromatic carbocycles. The Hall–Kier alpha value is -1.20. The Kier molecular flexibility index (Phi) is 4.94. The fourth-order valence-corrected chi connectivity index (χ4v) is 2.87. The number of Topliss-reactive ketones (excluding diaryl/α,β-unsaturated/α-hetero) is 1. The van der Waals surface area contributed by atoms with Crippen LogP contribution in [-0.2, 0) is 6.42 Å². The highest BCUT2D eigenvalue weighted by atomic mass is 79.9. The average molecular weight is 402 g/mol. The number of benzene rings is 2. The zero-order valence-corrected chi connectivity index (χ0v) is 13.8. The Bertz CT molecular complexity index is 656.